The van der Waals surface area contributed by atoms with E-state index < -0.39 is 18.7 Å². The number of aromatic nitrogens is 1. The van der Waals surface area contributed by atoms with Gasteiger partial charge in [0.2, 0.25) is 0 Å². The van der Waals surface area contributed by atoms with Gasteiger partial charge in [0.05, 0.1) is 25.4 Å². The fourth-order valence-electron chi connectivity index (χ4n) is 4.27. The van der Waals surface area contributed by atoms with E-state index in [1.807, 2.05) is 0 Å². The fraction of sp³-hybridized carbons (Fsp3) is 0.400. The Hall–Kier alpha value is -3.14. The van der Waals surface area contributed by atoms with Crippen molar-refractivity contribution in [3.05, 3.63) is 81.1 Å². The number of benzene rings is 2. The summed E-state index contributed by atoms with van der Waals surface area (Å²) in [5.74, 6) is 0.738. The van der Waals surface area contributed by atoms with Gasteiger partial charge in [0.25, 0.3) is 0 Å². The van der Waals surface area contributed by atoms with E-state index in [0.29, 0.717) is 57.5 Å². The highest BCUT2D eigenvalue weighted by Crippen LogP contribution is 2.38. The molecule has 2 aliphatic rings. The third kappa shape index (κ3) is 7.99. The first-order valence-electron chi connectivity index (χ1n) is 13.4. The van der Waals surface area contributed by atoms with E-state index in [9.17, 15) is 18.7 Å². The van der Waals surface area contributed by atoms with Crippen molar-refractivity contribution in [3.8, 4) is 17.2 Å². The number of ether oxygens (including phenoxy) is 4. The Morgan fingerprint density at radius 2 is 1.56 bits per heavy atom. The molecular weight excluding hydrogens is 579 g/mol. The summed E-state index contributed by atoms with van der Waals surface area (Å²) in [6.07, 6.45) is 6.53. The highest BCUT2D eigenvalue weighted by Gasteiger charge is 2.27. The van der Waals surface area contributed by atoms with Crippen molar-refractivity contribution >= 4 is 29.2 Å². The number of aliphatic hydroxyl groups excluding tert-OH is 1. The Morgan fingerprint density at radius 3 is 2.17 bits per heavy atom. The van der Waals surface area contributed by atoms with Gasteiger partial charge < -0.3 is 24.1 Å². The predicted molar refractivity (Wildman–Crippen MR) is 147 cm³/mol. The number of aromatic amines is 1. The van der Waals surface area contributed by atoms with Crippen molar-refractivity contribution in [2.45, 2.75) is 51.4 Å². The Kier molecular flexibility index (Phi) is 9.47. The average Bonchev–Trinajstić information content (AvgIpc) is 3.88. The Morgan fingerprint density at radius 1 is 0.927 bits per heavy atom. The molecule has 1 aromatic heterocycles. The molecule has 11 heteroatoms. The molecule has 218 valence electrons. The van der Waals surface area contributed by atoms with E-state index in [2.05, 4.69) is 9.72 Å². The van der Waals surface area contributed by atoms with Gasteiger partial charge in [-0.05, 0) is 73.4 Å². The molecule has 0 aliphatic heterocycles. The molecule has 0 spiro atoms. The van der Waals surface area contributed by atoms with Crippen LogP contribution in [-0.4, -0.2) is 30.9 Å². The molecule has 1 heterocycles. The smallest absolute Gasteiger partial charge is 0.387 e. The highest BCUT2D eigenvalue weighted by molar-refractivity contribution is 6.35. The lowest BCUT2D eigenvalue weighted by Gasteiger charge is -2.21. The summed E-state index contributed by atoms with van der Waals surface area (Å²) < 4.78 is 48.4. The molecule has 0 radical (unpaired) electrons. The second kappa shape index (κ2) is 13.2. The zero-order chi connectivity index (χ0) is 28.9. The van der Waals surface area contributed by atoms with E-state index in [4.69, 9.17) is 37.4 Å². The second-order valence-corrected chi connectivity index (χ2v) is 11.1. The Labute approximate surface area is 246 Å². The number of H-pyrrole nitrogens is 1. The number of pyridine rings is 1. The first-order valence-corrected chi connectivity index (χ1v) is 14.2. The molecule has 7 nitrogen and oxygen atoms in total. The van der Waals surface area contributed by atoms with Crippen molar-refractivity contribution in [2.24, 2.45) is 11.8 Å². The SMILES string of the molecule is O=C(O[C@@H](Cc1c(Cl)c[nH+]cc1Cl)c1ccc(OC(F)F)c(OCC2CC2)c1)c1ccc(OCC2CC2)c(CO)c1. The normalized spacial score (nSPS) is 15.5. The van der Waals surface area contributed by atoms with Crippen LogP contribution in [0.5, 0.6) is 17.2 Å². The highest BCUT2D eigenvalue weighted by atomic mass is 35.5. The van der Waals surface area contributed by atoms with E-state index in [-0.39, 0.29) is 30.1 Å². The predicted octanol–water partition coefficient (Wildman–Crippen LogP) is 6.62. The van der Waals surface area contributed by atoms with Crippen LogP contribution in [0.1, 0.15) is 58.8 Å². The second-order valence-electron chi connectivity index (χ2n) is 10.3. The van der Waals surface area contributed by atoms with Crippen LogP contribution < -0.4 is 19.2 Å². The average molecular weight is 609 g/mol. The van der Waals surface area contributed by atoms with Crippen LogP contribution in [0, 0.1) is 11.8 Å². The molecule has 2 N–H and O–H groups in total. The molecule has 2 fully saturated rings. The minimum atomic E-state index is -3.03. The minimum Gasteiger partial charge on any atom is -0.493 e. The summed E-state index contributed by atoms with van der Waals surface area (Å²) >= 11 is 12.8. The summed E-state index contributed by atoms with van der Waals surface area (Å²) in [7, 11) is 0. The van der Waals surface area contributed by atoms with Crippen LogP contribution in [0.15, 0.2) is 48.8 Å². The zero-order valence-corrected chi connectivity index (χ0v) is 23.6. The van der Waals surface area contributed by atoms with Gasteiger partial charge >= 0.3 is 12.6 Å². The molecule has 2 aliphatic carbocycles. The van der Waals surface area contributed by atoms with Gasteiger partial charge in [-0.1, -0.05) is 29.3 Å². The summed E-state index contributed by atoms with van der Waals surface area (Å²) in [6, 6.07) is 9.17. The van der Waals surface area contributed by atoms with E-state index in [0.717, 1.165) is 25.7 Å². The molecule has 1 atom stereocenters. The maximum atomic E-state index is 13.4. The summed E-state index contributed by atoms with van der Waals surface area (Å²) in [5.41, 5.74) is 1.67. The van der Waals surface area contributed by atoms with Gasteiger partial charge in [-0.25, -0.2) is 9.78 Å². The number of hydrogen-bond acceptors (Lipinski definition) is 6. The number of carbonyl (C=O) groups excluding carboxylic acids is 1. The maximum Gasteiger partial charge on any atom is 0.387 e. The van der Waals surface area contributed by atoms with Crippen LogP contribution in [0.4, 0.5) is 8.78 Å². The van der Waals surface area contributed by atoms with Crippen LogP contribution in [0.25, 0.3) is 0 Å². The molecule has 2 saturated carbocycles. The lowest BCUT2D eigenvalue weighted by atomic mass is 10.0. The molecule has 0 unspecified atom stereocenters. The van der Waals surface area contributed by atoms with Gasteiger partial charge in [0.15, 0.2) is 23.9 Å². The van der Waals surface area contributed by atoms with Crippen molar-refractivity contribution in [1.29, 1.82) is 0 Å². The Bertz CT molecular complexity index is 1360. The number of rotatable bonds is 14. The number of esters is 1. The molecule has 2 aromatic carbocycles. The summed E-state index contributed by atoms with van der Waals surface area (Å²) in [6.45, 7) is -2.43. The topological polar surface area (TPSA) is 88.4 Å². The van der Waals surface area contributed by atoms with Crippen molar-refractivity contribution in [3.63, 3.8) is 0 Å². The fourth-order valence-corrected chi connectivity index (χ4v) is 4.80. The number of halogens is 4. The number of aliphatic hydroxyl groups is 1. The van der Waals surface area contributed by atoms with E-state index in [1.165, 1.54) is 24.3 Å². The van der Waals surface area contributed by atoms with Crippen LogP contribution >= 0.6 is 23.2 Å². The monoisotopic (exact) mass is 608 g/mol. The lowest BCUT2D eigenvalue weighted by molar-refractivity contribution is -0.377. The first kappa shape index (κ1) is 29.4. The minimum absolute atomic E-state index is 0.0879. The molecule has 3 aromatic rings. The number of nitrogens with one attached hydrogen (secondary N) is 1. The molecule has 0 amide bonds. The third-order valence-corrected chi connectivity index (χ3v) is 7.68. The molecule has 0 saturated heterocycles. The third-order valence-electron chi connectivity index (χ3n) is 7.00. The summed E-state index contributed by atoms with van der Waals surface area (Å²) in [5, 5.41) is 10.6. The van der Waals surface area contributed by atoms with Crippen molar-refractivity contribution in [1.82, 2.24) is 0 Å². The van der Waals surface area contributed by atoms with Gasteiger partial charge in [-0.15, -0.1) is 0 Å². The number of carbonyl (C=O) groups is 1. The molecule has 0 bridgehead atoms. The Balaban J connectivity index is 1.43. The molecular formula is C30H30Cl2F2NO6+. The summed E-state index contributed by atoms with van der Waals surface area (Å²) in [4.78, 5) is 16.2. The van der Waals surface area contributed by atoms with Crippen LogP contribution in [0.2, 0.25) is 10.0 Å². The van der Waals surface area contributed by atoms with E-state index >= 15 is 0 Å². The van der Waals surface area contributed by atoms with Crippen molar-refractivity contribution < 1.29 is 42.6 Å². The molecule has 5 rings (SSSR count). The van der Waals surface area contributed by atoms with Crippen molar-refractivity contribution in [2.75, 3.05) is 13.2 Å². The maximum absolute atomic E-state index is 13.4. The lowest BCUT2D eigenvalue weighted by Crippen LogP contribution is -2.16. The first-order chi connectivity index (χ1) is 19.8. The van der Waals surface area contributed by atoms with Crippen LogP contribution in [-0.2, 0) is 17.8 Å². The van der Waals surface area contributed by atoms with Gasteiger partial charge in [0, 0.05) is 17.5 Å². The quantitative estimate of drug-likeness (QED) is 0.207. The largest absolute Gasteiger partial charge is 0.493 e. The van der Waals surface area contributed by atoms with Gasteiger partial charge in [-0.2, -0.15) is 8.78 Å². The number of hydrogen-bond donors (Lipinski definition) is 1. The van der Waals surface area contributed by atoms with Gasteiger partial charge in [0.1, 0.15) is 21.9 Å². The standard InChI is InChI=1S/C30H29Cl2F2NO6/c31-23-12-35-13-24(32)22(23)11-27(19-5-8-26(41-30(33)34)28(10-19)39-16-18-3-4-18)40-29(37)20-6-7-25(21(9-20)14-36)38-15-17-1-2-17/h5-10,12-13,17-18,27,30,36H,1-4,11,14-16H2/p+1/t27-/m0/s1. The number of alkyl halides is 2. The molecule has 41 heavy (non-hydrogen) atoms. The van der Waals surface area contributed by atoms with Gasteiger partial charge in [-0.3, -0.25) is 0 Å². The van der Waals surface area contributed by atoms with E-state index in [1.54, 1.807) is 24.5 Å². The van der Waals surface area contributed by atoms with Crippen LogP contribution in [0.3, 0.4) is 0 Å². The zero-order valence-electron chi connectivity index (χ0n) is 22.1.